The topological polar surface area (TPSA) is 92.5 Å². The van der Waals surface area contributed by atoms with Gasteiger partial charge in [0.1, 0.15) is 5.69 Å². The number of aromatic nitrogens is 2. The zero-order chi connectivity index (χ0) is 12.4. The zero-order valence-corrected chi connectivity index (χ0v) is 9.77. The molecule has 2 rings (SSSR count). The van der Waals surface area contributed by atoms with Crippen LogP contribution in [0.4, 0.5) is 5.82 Å². The van der Waals surface area contributed by atoms with Crippen molar-refractivity contribution in [2.24, 2.45) is 0 Å². The summed E-state index contributed by atoms with van der Waals surface area (Å²) in [5.41, 5.74) is 7.11. The first-order valence-corrected chi connectivity index (χ1v) is 5.14. The minimum absolute atomic E-state index is 0.321. The number of hydrogen-bond acceptors (Lipinski definition) is 8. The lowest BCUT2D eigenvalue weighted by Gasteiger charge is -2.14. The van der Waals surface area contributed by atoms with Crippen molar-refractivity contribution in [3.63, 3.8) is 0 Å². The van der Waals surface area contributed by atoms with Crippen LogP contribution in [0.2, 0.25) is 0 Å². The van der Waals surface area contributed by atoms with E-state index >= 15 is 0 Å². The normalized spacial score (nSPS) is 15.1. The third-order valence-corrected chi connectivity index (χ3v) is 2.31. The SMILES string of the molecule is CCOC(=O)C1=C(C)N(c2nonc2C)NN1. The summed E-state index contributed by atoms with van der Waals surface area (Å²) >= 11 is 0. The summed E-state index contributed by atoms with van der Waals surface area (Å²) in [4.78, 5) is 11.6. The van der Waals surface area contributed by atoms with Crippen LogP contribution in [0.15, 0.2) is 16.0 Å². The van der Waals surface area contributed by atoms with E-state index in [4.69, 9.17) is 4.74 Å². The van der Waals surface area contributed by atoms with Gasteiger partial charge in [-0.3, -0.25) is 5.43 Å². The summed E-state index contributed by atoms with van der Waals surface area (Å²) in [6, 6.07) is 0. The fraction of sp³-hybridized carbons (Fsp3) is 0.444. The Labute approximate surface area is 97.5 Å². The van der Waals surface area contributed by atoms with Gasteiger partial charge >= 0.3 is 5.97 Å². The van der Waals surface area contributed by atoms with Crippen LogP contribution in [-0.2, 0) is 9.53 Å². The minimum atomic E-state index is -0.422. The third kappa shape index (κ3) is 1.94. The summed E-state index contributed by atoms with van der Waals surface area (Å²) in [5, 5.41) is 8.97. The molecule has 1 aliphatic heterocycles. The maximum atomic E-state index is 11.6. The van der Waals surface area contributed by atoms with E-state index in [2.05, 4.69) is 25.9 Å². The number of nitrogens with one attached hydrogen (secondary N) is 2. The smallest absolute Gasteiger partial charge is 0.357 e. The molecule has 0 atom stereocenters. The first-order valence-electron chi connectivity index (χ1n) is 5.14. The van der Waals surface area contributed by atoms with Crippen LogP contribution in [0.5, 0.6) is 0 Å². The zero-order valence-electron chi connectivity index (χ0n) is 9.77. The van der Waals surface area contributed by atoms with E-state index in [-0.39, 0.29) is 0 Å². The van der Waals surface area contributed by atoms with Gasteiger partial charge in [-0.2, -0.15) is 0 Å². The second-order valence-electron chi connectivity index (χ2n) is 3.43. The molecule has 0 spiro atoms. The van der Waals surface area contributed by atoms with Crippen molar-refractivity contribution in [3.8, 4) is 0 Å². The van der Waals surface area contributed by atoms with Crippen molar-refractivity contribution in [1.29, 1.82) is 0 Å². The van der Waals surface area contributed by atoms with E-state index in [0.717, 1.165) is 0 Å². The van der Waals surface area contributed by atoms with Crippen molar-refractivity contribution in [2.75, 3.05) is 11.6 Å². The molecule has 0 radical (unpaired) electrons. The summed E-state index contributed by atoms with van der Waals surface area (Å²) in [7, 11) is 0. The highest BCUT2D eigenvalue weighted by atomic mass is 16.6. The number of aryl methyl sites for hydroxylation is 1. The number of carbonyl (C=O) groups excluding carboxylic acids is 1. The molecule has 0 aromatic carbocycles. The van der Waals surface area contributed by atoms with Crippen molar-refractivity contribution >= 4 is 11.8 Å². The Kier molecular flexibility index (Phi) is 2.96. The second-order valence-corrected chi connectivity index (χ2v) is 3.43. The number of nitrogens with zero attached hydrogens (tertiary/aromatic N) is 3. The average molecular weight is 239 g/mol. The molecule has 8 nitrogen and oxygen atoms in total. The van der Waals surface area contributed by atoms with Crippen molar-refractivity contribution < 1.29 is 14.2 Å². The highest BCUT2D eigenvalue weighted by Crippen LogP contribution is 2.21. The largest absolute Gasteiger partial charge is 0.461 e. The predicted octanol–water partition coefficient (Wildman–Crippen LogP) is 0.00182. The van der Waals surface area contributed by atoms with Gasteiger partial charge in [-0.15, -0.1) is 5.53 Å². The summed E-state index contributed by atoms with van der Waals surface area (Å²) in [6.07, 6.45) is 0. The van der Waals surface area contributed by atoms with E-state index in [1.807, 2.05) is 0 Å². The Hall–Kier alpha value is -2.09. The molecule has 2 N–H and O–H groups in total. The highest BCUT2D eigenvalue weighted by molar-refractivity contribution is 5.90. The monoisotopic (exact) mass is 239 g/mol. The Bertz CT molecular complexity index is 467. The van der Waals surface area contributed by atoms with Gasteiger partial charge in [-0.05, 0) is 25.9 Å². The Morgan fingerprint density at radius 2 is 2.24 bits per heavy atom. The van der Waals surface area contributed by atoms with Crippen molar-refractivity contribution in [3.05, 3.63) is 17.1 Å². The maximum absolute atomic E-state index is 11.6. The molecular weight excluding hydrogens is 226 g/mol. The lowest BCUT2D eigenvalue weighted by Crippen LogP contribution is -2.39. The van der Waals surface area contributed by atoms with Gasteiger partial charge in [0, 0.05) is 0 Å². The summed E-state index contributed by atoms with van der Waals surface area (Å²) in [6.45, 7) is 5.58. The van der Waals surface area contributed by atoms with Crippen LogP contribution < -0.4 is 16.0 Å². The summed E-state index contributed by atoms with van der Waals surface area (Å²) in [5.74, 6) is 0.0726. The first kappa shape index (κ1) is 11.4. The predicted molar refractivity (Wildman–Crippen MR) is 57.1 cm³/mol. The molecule has 0 aliphatic carbocycles. The quantitative estimate of drug-likeness (QED) is 0.712. The lowest BCUT2D eigenvalue weighted by atomic mass is 10.3. The van der Waals surface area contributed by atoms with Gasteiger partial charge in [-0.25, -0.2) is 14.4 Å². The molecule has 1 aromatic rings. The molecule has 0 saturated heterocycles. The van der Waals surface area contributed by atoms with Gasteiger partial charge in [0.05, 0.1) is 12.3 Å². The third-order valence-electron chi connectivity index (χ3n) is 2.31. The van der Waals surface area contributed by atoms with Gasteiger partial charge in [0.25, 0.3) is 0 Å². The molecule has 1 aromatic heterocycles. The molecule has 8 heteroatoms. The number of hydrazine groups is 2. The molecular formula is C9H13N5O3. The maximum Gasteiger partial charge on any atom is 0.357 e. The molecule has 1 aliphatic rings. The van der Waals surface area contributed by atoms with Gasteiger partial charge < -0.3 is 4.74 Å². The molecule has 0 unspecified atom stereocenters. The highest BCUT2D eigenvalue weighted by Gasteiger charge is 2.28. The average Bonchev–Trinajstić information content (AvgIpc) is 2.85. The number of esters is 1. The van der Waals surface area contributed by atoms with Crippen LogP contribution in [0.3, 0.4) is 0 Å². The Morgan fingerprint density at radius 1 is 1.47 bits per heavy atom. The van der Waals surface area contributed by atoms with Crippen LogP contribution in [0.25, 0.3) is 0 Å². The standard InChI is InChI=1S/C9H13N5O3/c1-4-16-9(15)7-6(3)14(13-10-7)8-5(2)11-17-12-8/h10,13H,4H2,1-3H3. The van der Waals surface area contributed by atoms with Crippen LogP contribution in [-0.4, -0.2) is 22.9 Å². The Morgan fingerprint density at radius 3 is 2.82 bits per heavy atom. The number of carbonyl (C=O) groups is 1. The molecule has 2 heterocycles. The number of hydrogen-bond donors (Lipinski definition) is 2. The number of allylic oxidation sites excluding steroid dienone is 1. The minimum Gasteiger partial charge on any atom is -0.461 e. The number of ether oxygens (including phenoxy) is 1. The Balaban J connectivity index is 2.24. The fourth-order valence-electron chi connectivity index (χ4n) is 1.44. The van der Waals surface area contributed by atoms with Crippen molar-refractivity contribution in [2.45, 2.75) is 20.8 Å². The van der Waals surface area contributed by atoms with E-state index < -0.39 is 5.97 Å². The van der Waals surface area contributed by atoms with E-state index in [1.54, 1.807) is 25.8 Å². The fourth-order valence-corrected chi connectivity index (χ4v) is 1.44. The molecule has 92 valence electrons. The summed E-state index contributed by atoms with van der Waals surface area (Å²) < 4.78 is 9.51. The molecule has 0 bridgehead atoms. The van der Waals surface area contributed by atoms with Gasteiger partial charge in [-0.1, -0.05) is 5.16 Å². The second kappa shape index (κ2) is 4.42. The molecule has 0 fully saturated rings. The molecule has 0 amide bonds. The van der Waals surface area contributed by atoms with E-state index in [1.165, 1.54) is 0 Å². The molecule has 17 heavy (non-hydrogen) atoms. The first-order chi connectivity index (χ1) is 8.15. The van der Waals surface area contributed by atoms with E-state index in [0.29, 0.717) is 29.5 Å². The number of anilines is 1. The van der Waals surface area contributed by atoms with Crippen molar-refractivity contribution in [1.82, 2.24) is 21.3 Å². The van der Waals surface area contributed by atoms with Crippen LogP contribution >= 0.6 is 0 Å². The van der Waals surface area contributed by atoms with Crippen LogP contribution in [0.1, 0.15) is 19.5 Å². The van der Waals surface area contributed by atoms with Gasteiger partial charge in [0.15, 0.2) is 5.70 Å². The molecule has 0 saturated carbocycles. The van der Waals surface area contributed by atoms with E-state index in [9.17, 15) is 4.79 Å². The van der Waals surface area contributed by atoms with Crippen LogP contribution in [0, 0.1) is 6.92 Å². The van der Waals surface area contributed by atoms with Gasteiger partial charge in [0.2, 0.25) is 5.82 Å². The lowest BCUT2D eigenvalue weighted by molar-refractivity contribution is -0.139. The number of rotatable bonds is 3.